The SMILES string of the molecule is CC(=O)C(Cl)CCNc1ncnc2ccsc12. The van der Waals surface area contributed by atoms with Gasteiger partial charge < -0.3 is 5.32 Å². The molecule has 2 rings (SSSR count). The minimum Gasteiger partial charge on any atom is -0.369 e. The van der Waals surface area contributed by atoms with Gasteiger partial charge in [0.15, 0.2) is 0 Å². The summed E-state index contributed by atoms with van der Waals surface area (Å²) in [6.07, 6.45) is 2.12. The van der Waals surface area contributed by atoms with E-state index in [1.165, 1.54) is 13.3 Å². The first-order valence-electron chi connectivity index (χ1n) is 5.25. The molecule has 0 saturated heterocycles. The third kappa shape index (κ3) is 2.92. The van der Waals surface area contributed by atoms with E-state index in [-0.39, 0.29) is 5.78 Å². The zero-order valence-corrected chi connectivity index (χ0v) is 10.9. The molecule has 0 spiro atoms. The van der Waals surface area contributed by atoms with Gasteiger partial charge in [-0.25, -0.2) is 9.97 Å². The minimum absolute atomic E-state index is 0.00238. The first-order valence-corrected chi connectivity index (χ1v) is 6.56. The van der Waals surface area contributed by atoms with Gasteiger partial charge in [0.05, 0.1) is 15.6 Å². The smallest absolute Gasteiger partial charge is 0.147 e. The van der Waals surface area contributed by atoms with Crippen LogP contribution in [0.3, 0.4) is 0 Å². The van der Waals surface area contributed by atoms with Crippen molar-refractivity contribution in [2.45, 2.75) is 18.7 Å². The second-order valence-electron chi connectivity index (χ2n) is 3.65. The van der Waals surface area contributed by atoms with E-state index in [1.807, 2.05) is 11.4 Å². The Morgan fingerprint density at radius 3 is 3.18 bits per heavy atom. The second-order valence-corrected chi connectivity index (χ2v) is 5.09. The van der Waals surface area contributed by atoms with Crippen molar-refractivity contribution < 1.29 is 4.79 Å². The van der Waals surface area contributed by atoms with Crippen molar-refractivity contribution in [1.29, 1.82) is 0 Å². The van der Waals surface area contributed by atoms with E-state index in [0.717, 1.165) is 16.0 Å². The molecule has 2 heterocycles. The quantitative estimate of drug-likeness (QED) is 0.848. The maximum Gasteiger partial charge on any atom is 0.147 e. The van der Waals surface area contributed by atoms with Gasteiger partial charge in [0.1, 0.15) is 17.9 Å². The molecule has 0 aliphatic rings. The first-order chi connectivity index (χ1) is 8.18. The molecule has 4 nitrogen and oxygen atoms in total. The monoisotopic (exact) mass is 269 g/mol. The molecule has 2 aromatic rings. The van der Waals surface area contributed by atoms with Crippen LogP contribution >= 0.6 is 22.9 Å². The fraction of sp³-hybridized carbons (Fsp3) is 0.364. The fourth-order valence-electron chi connectivity index (χ4n) is 1.44. The van der Waals surface area contributed by atoms with Gasteiger partial charge in [-0.05, 0) is 24.8 Å². The van der Waals surface area contributed by atoms with Gasteiger partial charge in [-0.1, -0.05) is 0 Å². The molecule has 0 aliphatic heterocycles. The summed E-state index contributed by atoms with van der Waals surface area (Å²) in [5, 5.41) is 4.73. The number of Topliss-reactive ketones (excluding diaryl/α,β-unsaturated/α-hetero) is 1. The number of carbonyl (C=O) groups is 1. The predicted molar refractivity (Wildman–Crippen MR) is 70.8 cm³/mol. The number of aromatic nitrogens is 2. The van der Waals surface area contributed by atoms with Crippen LogP contribution < -0.4 is 5.32 Å². The molecule has 1 unspecified atom stereocenters. The molecule has 0 radical (unpaired) electrons. The second kappa shape index (κ2) is 5.42. The Hall–Kier alpha value is -1.20. The van der Waals surface area contributed by atoms with E-state index < -0.39 is 5.38 Å². The van der Waals surface area contributed by atoms with Crippen molar-refractivity contribution in [2.75, 3.05) is 11.9 Å². The summed E-state index contributed by atoms with van der Waals surface area (Å²) in [5.74, 6) is 0.801. The molecule has 0 aromatic carbocycles. The number of anilines is 1. The highest BCUT2D eigenvalue weighted by Crippen LogP contribution is 2.24. The predicted octanol–water partition coefficient (Wildman–Crippen LogP) is 2.69. The van der Waals surface area contributed by atoms with E-state index in [0.29, 0.717) is 13.0 Å². The molecule has 0 amide bonds. The van der Waals surface area contributed by atoms with Crippen molar-refractivity contribution in [1.82, 2.24) is 9.97 Å². The van der Waals surface area contributed by atoms with Crippen LogP contribution in [-0.2, 0) is 4.79 Å². The number of nitrogens with one attached hydrogen (secondary N) is 1. The maximum absolute atomic E-state index is 11.0. The Morgan fingerprint density at radius 1 is 1.59 bits per heavy atom. The summed E-state index contributed by atoms with van der Waals surface area (Å²) in [4.78, 5) is 19.3. The van der Waals surface area contributed by atoms with Gasteiger partial charge in [0.2, 0.25) is 0 Å². The number of halogens is 1. The lowest BCUT2D eigenvalue weighted by Crippen LogP contribution is -2.15. The average Bonchev–Trinajstić information content (AvgIpc) is 2.77. The lowest BCUT2D eigenvalue weighted by Gasteiger charge is -2.08. The van der Waals surface area contributed by atoms with Crippen LogP contribution in [0.25, 0.3) is 10.2 Å². The highest BCUT2D eigenvalue weighted by molar-refractivity contribution is 7.17. The Balaban J connectivity index is 1.99. The number of ketones is 1. The summed E-state index contributed by atoms with van der Waals surface area (Å²) in [6, 6.07) is 1.95. The van der Waals surface area contributed by atoms with E-state index in [9.17, 15) is 4.79 Å². The summed E-state index contributed by atoms with van der Waals surface area (Å²) in [5.41, 5.74) is 0.932. The van der Waals surface area contributed by atoms with Gasteiger partial charge in [-0.15, -0.1) is 22.9 Å². The third-order valence-corrected chi connectivity index (χ3v) is 3.81. The van der Waals surface area contributed by atoms with Gasteiger partial charge in [-0.2, -0.15) is 0 Å². The molecule has 1 atom stereocenters. The highest BCUT2D eigenvalue weighted by Gasteiger charge is 2.10. The molecule has 6 heteroatoms. The molecular weight excluding hydrogens is 258 g/mol. The van der Waals surface area contributed by atoms with Gasteiger partial charge in [0, 0.05) is 6.54 Å². The van der Waals surface area contributed by atoms with Gasteiger partial charge in [-0.3, -0.25) is 4.79 Å². The van der Waals surface area contributed by atoms with Crippen molar-refractivity contribution in [2.24, 2.45) is 0 Å². The maximum atomic E-state index is 11.0. The molecular formula is C11H12ClN3OS. The molecule has 0 fully saturated rings. The van der Waals surface area contributed by atoms with E-state index in [2.05, 4.69) is 15.3 Å². The van der Waals surface area contributed by atoms with Gasteiger partial charge >= 0.3 is 0 Å². The number of alkyl halides is 1. The summed E-state index contributed by atoms with van der Waals surface area (Å²) in [6.45, 7) is 2.12. The Labute approximate surface area is 108 Å². The molecule has 0 saturated carbocycles. The number of rotatable bonds is 5. The van der Waals surface area contributed by atoms with Crippen LogP contribution in [0.1, 0.15) is 13.3 Å². The zero-order chi connectivity index (χ0) is 12.3. The Bertz CT molecular complexity index is 528. The van der Waals surface area contributed by atoms with Crippen LogP contribution in [0.5, 0.6) is 0 Å². The number of nitrogens with zero attached hydrogens (tertiary/aromatic N) is 2. The van der Waals surface area contributed by atoms with Crippen LogP contribution in [-0.4, -0.2) is 27.7 Å². The lowest BCUT2D eigenvalue weighted by atomic mass is 10.2. The topological polar surface area (TPSA) is 54.9 Å². The largest absolute Gasteiger partial charge is 0.369 e. The van der Waals surface area contributed by atoms with Gasteiger partial charge in [0.25, 0.3) is 0 Å². The minimum atomic E-state index is -0.428. The normalized spacial score (nSPS) is 12.6. The van der Waals surface area contributed by atoms with E-state index >= 15 is 0 Å². The highest BCUT2D eigenvalue weighted by atomic mass is 35.5. The number of thiophene rings is 1. The van der Waals surface area contributed by atoms with Crippen LogP contribution in [0.4, 0.5) is 5.82 Å². The van der Waals surface area contributed by atoms with Crippen molar-refractivity contribution in [3.63, 3.8) is 0 Å². The summed E-state index contributed by atoms with van der Waals surface area (Å²) >= 11 is 7.45. The fourth-order valence-corrected chi connectivity index (χ4v) is 2.36. The molecule has 17 heavy (non-hydrogen) atoms. The molecule has 0 aliphatic carbocycles. The van der Waals surface area contributed by atoms with E-state index in [4.69, 9.17) is 11.6 Å². The van der Waals surface area contributed by atoms with Crippen LogP contribution in [0.15, 0.2) is 17.8 Å². The average molecular weight is 270 g/mol. The Kier molecular flexibility index (Phi) is 3.91. The number of hydrogen-bond acceptors (Lipinski definition) is 5. The summed E-state index contributed by atoms with van der Waals surface area (Å²) < 4.78 is 1.03. The zero-order valence-electron chi connectivity index (χ0n) is 9.31. The molecule has 90 valence electrons. The number of hydrogen-bond donors (Lipinski definition) is 1. The van der Waals surface area contributed by atoms with Crippen LogP contribution in [0.2, 0.25) is 0 Å². The third-order valence-electron chi connectivity index (χ3n) is 2.37. The molecule has 2 aromatic heterocycles. The van der Waals surface area contributed by atoms with Crippen molar-refractivity contribution >= 4 is 44.8 Å². The lowest BCUT2D eigenvalue weighted by molar-refractivity contribution is -0.116. The van der Waals surface area contributed by atoms with Crippen molar-refractivity contribution in [3.05, 3.63) is 17.8 Å². The van der Waals surface area contributed by atoms with Crippen molar-refractivity contribution in [3.8, 4) is 0 Å². The Morgan fingerprint density at radius 2 is 2.41 bits per heavy atom. The first kappa shape index (κ1) is 12.3. The number of carbonyl (C=O) groups excluding carboxylic acids is 1. The standard InChI is InChI=1S/C11H12ClN3OS/c1-7(16)8(12)2-4-13-11-10-9(3-5-17-10)14-6-15-11/h3,5-6,8H,2,4H2,1H3,(H,13,14,15). The van der Waals surface area contributed by atoms with Crippen LogP contribution in [0, 0.1) is 0 Å². The molecule has 0 bridgehead atoms. The van der Waals surface area contributed by atoms with E-state index in [1.54, 1.807) is 11.3 Å². The summed E-state index contributed by atoms with van der Waals surface area (Å²) in [7, 11) is 0. The molecule has 1 N–H and O–H groups in total. The number of fused-ring (bicyclic) bond motifs is 1.